The number of nitrogens with zero attached hydrogens (tertiary/aromatic N) is 1. The maximum atomic E-state index is 11.7. The molecule has 0 aromatic heterocycles. The van der Waals surface area contributed by atoms with E-state index in [0.717, 1.165) is 19.5 Å². The number of nitrogens with one attached hydrogen (secondary N) is 1. The molecular weight excluding hydrogens is 196 g/mol. The smallest absolute Gasteiger partial charge is 0.232 e. The fourth-order valence-electron chi connectivity index (χ4n) is 2.38. The van der Waals surface area contributed by atoms with Crippen molar-refractivity contribution in [3.8, 4) is 0 Å². The maximum Gasteiger partial charge on any atom is 0.232 e. The summed E-state index contributed by atoms with van der Waals surface area (Å²) in [5.74, 6) is 0.948. The number of carbonyl (C=O) groups is 1. The van der Waals surface area contributed by atoms with Crippen LogP contribution >= 0.6 is 11.8 Å². The van der Waals surface area contributed by atoms with Gasteiger partial charge in [0.05, 0.1) is 5.75 Å². The van der Waals surface area contributed by atoms with Crippen molar-refractivity contribution in [2.45, 2.75) is 31.3 Å². The number of fused-ring (bicyclic) bond motifs is 2. The first kappa shape index (κ1) is 10.3. The van der Waals surface area contributed by atoms with Crippen LogP contribution in [-0.4, -0.2) is 48.0 Å². The molecule has 0 spiro atoms. The Morgan fingerprint density at radius 3 is 3.00 bits per heavy atom. The third-order valence-corrected chi connectivity index (χ3v) is 3.68. The van der Waals surface area contributed by atoms with Gasteiger partial charge in [0.25, 0.3) is 0 Å². The number of rotatable bonds is 2. The summed E-state index contributed by atoms with van der Waals surface area (Å²) >= 11 is 1.62. The molecule has 3 nitrogen and oxygen atoms in total. The molecule has 2 aliphatic heterocycles. The first-order valence-electron chi connectivity index (χ1n) is 5.32. The normalized spacial score (nSPS) is 31.6. The quantitative estimate of drug-likeness (QED) is 0.734. The van der Waals surface area contributed by atoms with Crippen molar-refractivity contribution in [1.29, 1.82) is 0 Å². The predicted octanol–water partition coefficient (Wildman–Crippen LogP) is 0.702. The summed E-state index contributed by atoms with van der Waals surface area (Å²) in [5.41, 5.74) is 0. The van der Waals surface area contributed by atoms with Crippen molar-refractivity contribution >= 4 is 17.7 Å². The summed E-state index contributed by atoms with van der Waals surface area (Å²) in [6, 6.07) is 1.24. The highest BCUT2D eigenvalue weighted by molar-refractivity contribution is 7.99. The van der Waals surface area contributed by atoms with Crippen LogP contribution in [0.1, 0.15) is 19.3 Å². The number of thioether (sulfide) groups is 1. The van der Waals surface area contributed by atoms with Crippen LogP contribution in [0, 0.1) is 0 Å². The monoisotopic (exact) mass is 214 g/mol. The Balaban J connectivity index is 1.91. The van der Waals surface area contributed by atoms with Crippen molar-refractivity contribution < 1.29 is 4.79 Å². The van der Waals surface area contributed by atoms with Crippen LogP contribution < -0.4 is 5.32 Å². The summed E-state index contributed by atoms with van der Waals surface area (Å²) in [5, 5.41) is 3.58. The van der Waals surface area contributed by atoms with E-state index in [-0.39, 0.29) is 0 Å². The summed E-state index contributed by atoms with van der Waals surface area (Å²) in [6.45, 7) is 1.88. The minimum atomic E-state index is 0.312. The first-order valence-corrected chi connectivity index (χ1v) is 6.71. The molecule has 0 saturated carbocycles. The van der Waals surface area contributed by atoms with E-state index >= 15 is 0 Å². The summed E-state index contributed by atoms with van der Waals surface area (Å²) in [4.78, 5) is 13.7. The van der Waals surface area contributed by atoms with Crippen LogP contribution in [0.2, 0.25) is 0 Å². The molecule has 2 atom stereocenters. The molecule has 80 valence electrons. The topological polar surface area (TPSA) is 32.3 Å². The second kappa shape index (κ2) is 4.53. The molecular formula is C10H18N2OS. The second-order valence-corrected chi connectivity index (χ2v) is 5.07. The average Bonchev–Trinajstić information content (AvgIpc) is 2.46. The van der Waals surface area contributed by atoms with E-state index in [1.54, 1.807) is 11.8 Å². The maximum absolute atomic E-state index is 11.7. The molecule has 2 fully saturated rings. The van der Waals surface area contributed by atoms with Gasteiger partial charge in [0.1, 0.15) is 0 Å². The van der Waals surface area contributed by atoms with E-state index in [0.29, 0.717) is 23.7 Å². The predicted molar refractivity (Wildman–Crippen MR) is 59.5 cm³/mol. The largest absolute Gasteiger partial charge is 0.340 e. The summed E-state index contributed by atoms with van der Waals surface area (Å²) in [7, 11) is 0. The van der Waals surface area contributed by atoms with Gasteiger partial charge >= 0.3 is 0 Å². The Morgan fingerprint density at radius 2 is 2.21 bits per heavy atom. The first-order chi connectivity index (χ1) is 6.79. The van der Waals surface area contributed by atoms with E-state index in [4.69, 9.17) is 0 Å². The van der Waals surface area contributed by atoms with Gasteiger partial charge in [-0.15, -0.1) is 0 Å². The fourth-order valence-corrected chi connectivity index (χ4v) is 2.81. The zero-order valence-electron chi connectivity index (χ0n) is 8.66. The van der Waals surface area contributed by atoms with Gasteiger partial charge < -0.3 is 10.2 Å². The number of hydrogen-bond donors (Lipinski definition) is 1. The van der Waals surface area contributed by atoms with Crippen LogP contribution in [0.5, 0.6) is 0 Å². The van der Waals surface area contributed by atoms with Crippen molar-refractivity contribution in [2.75, 3.05) is 25.1 Å². The number of amides is 1. The van der Waals surface area contributed by atoms with Crippen molar-refractivity contribution in [3.63, 3.8) is 0 Å². The summed E-state index contributed by atoms with van der Waals surface area (Å²) < 4.78 is 0. The zero-order chi connectivity index (χ0) is 9.97. The van der Waals surface area contributed by atoms with Crippen LogP contribution in [-0.2, 0) is 4.79 Å². The third-order valence-electron chi connectivity index (χ3n) is 3.14. The van der Waals surface area contributed by atoms with Gasteiger partial charge in [-0.3, -0.25) is 4.79 Å². The molecule has 1 amide bonds. The van der Waals surface area contributed by atoms with E-state index in [9.17, 15) is 4.79 Å². The van der Waals surface area contributed by atoms with Crippen LogP contribution in [0.15, 0.2) is 0 Å². The van der Waals surface area contributed by atoms with Gasteiger partial charge in [0.2, 0.25) is 5.91 Å². The highest BCUT2D eigenvalue weighted by Gasteiger charge is 2.30. The van der Waals surface area contributed by atoms with Gasteiger partial charge in [-0.1, -0.05) is 0 Å². The van der Waals surface area contributed by atoms with Crippen LogP contribution in [0.25, 0.3) is 0 Å². The molecule has 2 rings (SSSR count). The van der Waals surface area contributed by atoms with Gasteiger partial charge in [-0.05, 0) is 25.5 Å². The minimum absolute atomic E-state index is 0.312. The van der Waals surface area contributed by atoms with Gasteiger partial charge in [0, 0.05) is 25.2 Å². The lowest BCUT2D eigenvalue weighted by molar-refractivity contribution is -0.128. The molecule has 0 radical (unpaired) electrons. The zero-order valence-corrected chi connectivity index (χ0v) is 9.48. The number of hydrogen-bond acceptors (Lipinski definition) is 3. The lowest BCUT2D eigenvalue weighted by Crippen LogP contribution is -2.39. The van der Waals surface area contributed by atoms with Crippen LogP contribution in [0.4, 0.5) is 0 Å². The van der Waals surface area contributed by atoms with Crippen molar-refractivity contribution in [1.82, 2.24) is 10.2 Å². The molecule has 1 N–H and O–H groups in total. The molecule has 0 aliphatic carbocycles. The van der Waals surface area contributed by atoms with Crippen molar-refractivity contribution in [2.24, 2.45) is 0 Å². The van der Waals surface area contributed by atoms with E-state index < -0.39 is 0 Å². The van der Waals surface area contributed by atoms with Gasteiger partial charge in [-0.25, -0.2) is 0 Å². The standard InChI is InChI=1S/C10H18N2OS/c1-14-7-10(13)12-5-4-8-2-3-9(6-12)11-8/h8-9,11H,2-7H2,1H3. The summed E-state index contributed by atoms with van der Waals surface area (Å²) in [6.07, 6.45) is 5.67. The lowest BCUT2D eigenvalue weighted by atomic mass is 10.1. The average molecular weight is 214 g/mol. The SMILES string of the molecule is CSCC(=O)N1CCC2CCC(C1)N2. The molecule has 4 heteroatoms. The Morgan fingerprint density at radius 1 is 1.43 bits per heavy atom. The van der Waals surface area contributed by atoms with E-state index in [1.165, 1.54) is 12.8 Å². The van der Waals surface area contributed by atoms with E-state index in [2.05, 4.69) is 5.32 Å². The Bertz CT molecular complexity index is 222. The van der Waals surface area contributed by atoms with Gasteiger partial charge in [-0.2, -0.15) is 11.8 Å². The molecule has 0 aromatic rings. The Labute approximate surface area is 89.6 Å². The Hall–Kier alpha value is -0.220. The molecule has 2 bridgehead atoms. The molecule has 2 heterocycles. The lowest BCUT2D eigenvalue weighted by Gasteiger charge is -2.23. The van der Waals surface area contributed by atoms with Crippen LogP contribution in [0.3, 0.4) is 0 Å². The highest BCUT2D eigenvalue weighted by Crippen LogP contribution is 2.20. The molecule has 14 heavy (non-hydrogen) atoms. The second-order valence-electron chi connectivity index (χ2n) is 4.20. The Kier molecular flexibility index (Phi) is 3.34. The molecule has 2 aliphatic rings. The molecule has 0 aromatic carbocycles. The fraction of sp³-hybridized carbons (Fsp3) is 0.900. The number of carbonyl (C=O) groups excluding carboxylic acids is 1. The molecule has 2 saturated heterocycles. The van der Waals surface area contributed by atoms with Gasteiger partial charge in [0.15, 0.2) is 0 Å². The highest BCUT2D eigenvalue weighted by atomic mass is 32.2. The van der Waals surface area contributed by atoms with Crippen molar-refractivity contribution in [3.05, 3.63) is 0 Å². The van der Waals surface area contributed by atoms with E-state index in [1.807, 2.05) is 11.2 Å². The minimum Gasteiger partial charge on any atom is -0.340 e. The molecule has 2 unspecified atom stereocenters. The third kappa shape index (κ3) is 2.23. The number of likely N-dealkylation sites (tertiary alicyclic amines) is 1.